The molecule has 0 radical (unpaired) electrons. The van der Waals surface area contributed by atoms with Gasteiger partial charge in [0, 0.05) is 12.1 Å². The number of carbonyl (C=O) groups excluding carboxylic acids is 1. The van der Waals surface area contributed by atoms with Crippen molar-refractivity contribution >= 4 is 16.8 Å². The maximum atomic E-state index is 13.7. The van der Waals surface area contributed by atoms with E-state index in [0.717, 1.165) is 29.7 Å². The second kappa shape index (κ2) is 10.0. The zero-order valence-electron chi connectivity index (χ0n) is 20.3. The molecule has 0 aliphatic heterocycles. The molecule has 1 aromatic heterocycles. The highest BCUT2D eigenvalue weighted by atomic mass is 16.2. The van der Waals surface area contributed by atoms with E-state index in [1.54, 1.807) is 10.6 Å². The smallest absolute Gasteiger partial charge is 0.266 e. The average molecular weight is 454 g/mol. The summed E-state index contributed by atoms with van der Waals surface area (Å²) >= 11 is 0. The van der Waals surface area contributed by atoms with Crippen LogP contribution in [0.5, 0.6) is 0 Å². The summed E-state index contributed by atoms with van der Waals surface area (Å²) in [6.07, 6.45) is 1.82. The summed E-state index contributed by atoms with van der Waals surface area (Å²) in [5, 5.41) is 0.560. The van der Waals surface area contributed by atoms with Crippen molar-refractivity contribution in [1.29, 1.82) is 0 Å². The van der Waals surface area contributed by atoms with Gasteiger partial charge in [-0.15, -0.1) is 0 Å². The van der Waals surface area contributed by atoms with Crippen LogP contribution in [0.25, 0.3) is 16.6 Å². The van der Waals surface area contributed by atoms with Gasteiger partial charge in [-0.3, -0.25) is 14.2 Å². The molecule has 1 atom stereocenters. The highest BCUT2D eigenvalue weighted by Gasteiger charge is 2.27. The first-order valence-electron chi connectivity index (χ1n) is 11.9. The van der Waals surface area contributed by atoms with Crippen LogP contribution in [0.3, 0.4) is 0 Å². The first kappa shape index (κ1) is 23.4. The molecule has 0 saturated carbocycles. The largest absolute Gasteiger partial charge is 0.329 e. The molecule has 5 nitrogen and oxygen atoms in total. The molecule has 3 aromatic carbocycles. The molecule has 4 rings (SSSR count). The topological polar surface area (TPSA) is 55.2 Å². The molecular formula is C29H31N3O2. The third-order valence-electron chi connectivity index (χ3n) is 6.21. The van der Waals surface area contributed by atoms with Crippen molar-refractivity contribution in [3.05, 3.63) is 106 Å². The number of benzene rings is 3. The average Bonchev–Trinajstić information content (AvgIpc) is 2.84. The fraction of sp³-hybridized carbons (Fsp3) is 0.276. The van der Waals surface area contributed by atoms with E-state index in [-0.39, 0.29) is 11.5 Å². The molecule has 4 aromatic rings. The second-order valence-corrected chi connectivity index (χ2v) is 8.86. The van der Waals surface area contributed by atoms with Crippen molar-refractivity contribution in [2.24, 2.45) is 0 Å². The van der Waals surface area contributed by atoms with Crippen molar-refractivity contribution in [3.8, 4) is 5.69 Å². The number of hydrogen-bond acceptors (Lipinski definition) is 3. The van der Waals surface area contributed by atoms with Crippen LogP contribution in [0.4, 0.5) is 0 Å². The molecule has 1 unspecified atom stereocenters. The number of para-hydroxylation sites is 1. The summed E-state index contributed by atoms with van der Waals surface area (Å²) in [4.78, 5) is 34.1. The third kappa shape index (κ3) is 4.65. The number of unbranched alkanes of at least 4 members (excludes halogenated alkanes) is 1. The van der Waals surface area contributed by atoms with Gasteiger partial charge >= 0.3 is 0 Å². The predicted octanol–water partition coefficient (Wildman–Crippen LogP) is 6.01. The summed E-state index contributed by atoms with van der Waals surface area (Å²) in [6, 6.07) is 22.5. The number of aryl methyl sites for hydroxylation is 2. The maximum absolute atomic E-state index is 13.7. The van der Waals surface area contributed by atoms with Crippen LogP contribution in [0, 0.1) is 13.8 Å². The molecule has 5 heteroatoms. The predicted molar refractivity (Wildman–Crippen MR) is 138 cm³/mol. The van der Waals surface area contributed by atoms with Gasteiger partial charge in [-0.2, -0.15) is 0 Å². The van der Waals surface area contributed by atoms with Gasteiger partial charge in [0.05, 0.1) is 22.6 Å². The van der Waals surface area contributed by atoms with Gasteiger partial charge in [-0.1, -0.05) is 55.3 Å². The van der Waals surface area contributed by atoms with Crippen LogP contribution in [0.1, 0.15) is 60.0 Å². The van der Waals surface area contributed by atoms with E-state index in [4.69, 9.17) is 4.98 Å². The SMILES string of the molecule is CCCCN(C(=O)c1ccc(C)cc1)C(C)c1nc2ccccc2c(=O)n1-c1cccc(C)c1. The molecule has 1 heterocycles. The van der Waals surface area contributed by atoms with E-state index in [1.165, 1.54) is 0 Å². The van der Waals surface area contributed by atoms with E-state index in [2.05, 4.69) is 6.92 Å². The number of fused-ring (bicyclic) bond motifs is 1. The highest BCUT2D eigenvalue weighted by molar-refractivity contribution is 5.94. The number of hydrogen-bond donors (Lipinski definition) is 0. The van der Waals surface area contributed by atoms with E-state index >= 15 is 0 Å². The summed E-state index contributed by atoms with van der Waals surface area (Å²) in [7, 11) is 0. The molecule has 0 saturated heterocycles. The Morgan fingerprint density at radius 2 is 1.71 bits per heavy atom. The number of amides is 1. The van der Waals surface area contributed by atoms with E-state index in [0.29, 0.717) is 28.8 Å². The first-order valence-corrected chi connectivity index (χ1v) is 11.9. The Morgan fingerprint density at radius 1 is 0.971 bits per heavy atom. The number of carbonyl (C=O) groups is 1. The quantitative estimate of drug-likeness (QED) is 0.344. The molecule has 0 spiro atoms. The Bertz CT molecular complexity index is 1370. The van der Waals surface area contributed by atoms with Crippen molar-refractivity contribution in [1.82, 2.24) is 14.5 Å². The van der Waals surface area contributed by atoms with Crippen LogP contribution in [0.15, 0.2) is 77.6 Å². The van der Waals surface area contributed by atoms with Crippen molar-refractivity contribution in [2.45, 2.75) is 46.6 Å². The van der Waals surface area contributed by atoms with Crippen LogP contribution in [0.2, 0.25) is 0 Å². The fourth-order valence-corrected chi connectivity index (χ4v) is 4.25. The second-order valence-electron chi connectivity index (χ2n) is 8.86. The Kier molecular flexibility index (Phi) is 6.92. The van der Waals surface area contributed by atoms with E-state index < -0.39 is 6.04 Å². The van der Waals surface area contributed by atoms with Gasteiger partial charge in [0.2, 0.25) is 0 Å². The van der Waals surface area contributed by atoms with Gasteiger partial charge in [0.1, 0.15) is 5.82 Å². The minimum absolute atomic E-state index is 0.0563. The molecule has 0 N–H and O–H groups in total. The van der Waals surface area contributed by atoms with E-state index in [9.17, 15) is 9.59 Å². The monoisotopic (exact) mass is 453 g/mol. The van der Waals surface area contributed by atoms with Crippen LogP contribution < -0.4 is 5.56 Å². The Balaban J connectivity index is 1.90. The lowest BCUT2D eigenvalue weighted by molar-refractivity contribution is 0.0678. The Labute approximate surface area is 200 Å². The number of aromatic nitrogens is 2. The van der Waals surface area contributed by atoms with Gasteiger partial charge < -0.3 is 4.90 Å². The summed E-state index contributed by atoms with van der Waals surface area (Å²) in [5.74, 6) is 0.505. The van der Waals surface area contributed by atoms with Gasteiger partial charge in [0.15, 0.2) is 0 Å². The Hall–Kier alpha value is -3.73. The molecule has 0 bridgehead atoms. The Morgan fingerprint density at radius 3 is 2.41 bits per heavy atom. The molecule has 34 heavy (non-hydrogen) atoms. The molecule has 1 amide bonds. The zero-order chi connectivity index (χ0) is 24.2. The molecule has 174 valence electrons. The fourth-order valence-electron chi connectivity index (χ4n) is 4.25. The molecule has 0 aliphatic rings. The van der Waals surface area contributed by atoms with Crippen LogP contribution in [-0.4, -0.2) is 26.9 Å². The van der Waals surface area contributed by atoms with Gasteiger partial charge in [-0.05, 0) is 69.2 Å². The van der Waals surface area contributed by atoms with Crippen molar-refractivity contribution in [2.75, 3.05) is 6.54 Å². The van der Waals surface area contributed by atoms with Gasteiger partial charge in [0.25, 0.3) is 11.5 Å². The first-order chi connectivity index (χ1) is 16.4. The van der Waals surface area contributed by atoms with Crippen molar-refractivity contribution in [3.63, 3.8) is 0 Å². The lowest BCUT2D eigenvalue weighted by Crippen LogP contribution is -2.38. The normalized spacial score (nSPS) is 12.0. The lowest BCUT2D eigenvalue weighted by atomic mass is 10.1. The zero-order valence-corrected chi connectivity index (χ0v) is 20.3. The lowest BCUT2D eigenvalue weighted by Gasteiger charge is -2.31. The third-order valence-corrected chi connectivity index (χ3v) is 6.21. The summed E-state index contributed by atoms with van der Waals surface area (Å²) in [6.45, 7) is 8.66. The summed E-state index contributed by atoms with van der Waals surface area (Å²) in [5.41, 5.74) is 4.05. The van der Waals surface area contributed by atoms with Gasteiger partial charge in [-0.25, -0.2) is 4.98 Å². The number of rotatable bonds is 7. The van der Waals surface area contributed by atoms with Crippen LogP contribution in [-0.2, 0) is 0 Å². The number of nitrogens with zero attached hydrogens (tertiary/aromatic N) is 3. The van der Waals surface area contributed by atoms with Crippen molar-refractivity contribution < 1.29 is 4.79 Å². The van der Waals surface area contributed by atoms with E-state index in [1.807, 2.05) is 92.4 Å². The molecule has 0 fully saturated rings. The summed E-state index contributed by atoms with van der Waals surface area (Å²) < 4.78 is 1.67. The molecular weight excluding hydrogens is 422 g/mol. The van der Waals surface area contributed by atoms with Crippen LogP contribution >= 0.6 is 0 Å². The maximum Gasteiger partial charge on any atom is 0.266 e. The minimum atomic E-state index is -0.404. The highest BCUT2D eigenvalue weighted by Crippen LogP contribution is 2.25. The standard InChI is InChI=1S/C29H31N3O2/c1-5-6-18-31(28(33)23-16-14-20(2)15-17-23)22(4)27-30-26-13-8-7-12-25(26)29(34)32(27)24-11-9-10-21(3)19-24/h7-17,19,22H,5-6,18H2,1-4H3. The molecule has 0 aliphatic carbocycles. The minimum Gasteiger partial charge on any atom is -0.329 e.